The molecule has 8 nitrogen and oxygen atoms in total. The van der Waals surface area contributed by atoms with Gasteiger partial charge in [-0.25, -0.2) is 4.79 Å². The minimum atomic E-state index is -0.906. The van der Waals surface area contributed by atoms with Gasteiger partial charge in [-0.05, 0) is 67.1 Å². The molecule has 0 saturated carbocycles. The number of aromatic hydroxyl groups is 1. The summed E-state index contributed by atoms with van der Waals surface area (Å²) in [6.45, 7) is 2.09. The first-order chi connectivity index (χ1) is 16.9. The fourth-order valence-electron chi connectivity index (χ4n) is 3.19. The van der Waals surface area contributed by atoms with Gasteiger partial charge in [-0.2, -0.15) is 0 Å². The first-order valence-electron chi connectivity index (χ1n) is 10.8. The zero-order valence-corrected chi connectivity index (χ0v) is 20.6. The Hall–Kier alpha value is -3.82. The number of rotatable bonds is 9. The maximum Gasteiger partial charge on any atom is 0.412 e. The Morgan fingerprint density at radius 1 is 1.03 bits per heavy atom. The largest absolute Gasteiger partial charge is 0.508 e. The summed E-state index contributed by atoms with van der Waals surface area (Å²) in [7, 11) is 0. The Bertz CT molecular complexity index is 1170. The molecule has 0 aromatic heterocycles. The van der Waals surface area contributed by atoms with Gasteiger partial charge in [-0.1, -0.05) is 40.2 Å². The van der Waals surface area contributed by atoms with Gasteiger partial charge in [-0.15, -0.1) is 0 Å². The van der Waals surface area contributed by atoms with E-state index >= 15 is 0 Å². The second-order valence-electron chi connectivity index (χ2n) is 7.40. The van der Waals surface area contributed by atoms with Crippen LogP contribution in [0.1, 0.15) is 18.6 Å². The van der Waals surface area contributed by atoms with Gasteiger partial charge < -0.3 is 25.6 Å². The van der Waals surface area contributed by atoms with Crippen LogP contribution in [0.15, 0.2) is 89.4 Å². The van der Waals surface area contributed by atoms with Crippen molar-refractivity contribution in [3.05, 3.63) is 95.0 Å². The molecule has 0 radical (unpaired) electrons. The number of halogens is 1. The highest BCUT2D eigenvalue weighted by molar-refractivity contribution is 9.10. The van der Waals surface area contributed by atoms with Gasteiger partial charge in [-0.3, -0.25) is 10.1 Å². The lowest BCUT2D eigenvalue weighted by atomic mass is 10.0. The highest BCUT2D eigenvalue weighted by atomic mass is 79.9. The van der Waals surface area contributed by atoms with Crippen LogP contribution in [0.4, 0.5) is 21.9 Å². The van der Waals surface area contributed by atoms with Crippen molar-refractivity contribution in [1.29, 1.82) is 0 Å². The average molecular weight is 540 g/mol. The van der Waals surface area contributed by atoms with E-state index in [4.69, 9.17) is 15.2 Å². The molecule has 0 aliphatic carbocycles. The Morgan fingerprint density at radius 2 is 1.71 bits per heavy atom. The molecule has 35 heavy (non-hydrogen) atoms. The molecular weight excluding hydrogens is 514 g/mol. The Balaban J connectivity index is 1.80. The fraction of sp³-hybridized carbons (Fsp3) is 0.154. The molecule has 2 atom stereocenters. The van der Waals surface area contributed by atoms with Crippen LogP contribution in [-0.4, -0.2) is 29.8 Å². The molecule has 0 aliphatic heterocycles. The van der Waals surface area contributed by atoms with Crippen molar-refractivity contribution in [2.45, 2.75) is 19.1 Å². The molecule has 9 heteroatoms. The summed E-state index contributed by atoms with van der Waals surface area (Å²) < 4.78 is 12.4. The van der Waals surface area contributed by atoms with Crippen LogP contribution in [0.2, 0.25) is 0 Å². The van der Waals surface area contributed by atoms with E-state index in [1.807, 2.05) is 0 Å². The number of phenols is 1. The van der Waals surface area contributed by atoms with Crippen molar-refractivity contribution < 1.29 is 24.2 Å². The second kappa shape index (κ2) is 12.6. The fourth-order valence-corrected chi connectivity index (χ4v) is 3.45. The minimum Gasteiger partial charge on any atom is -0.508 e. The van der Waals surface area contributed by atoms with Gasteiger partial charge in [0, 0.05) is 22.8 Å². The number of carbonyl (C=O) groups is 2. The summed E-state index contributed by atoms with van der Waals surface area (Å²) in [6, 6.07) is 20.1. The second-order valence-corrected chi connectivity index (χ2v) is 8.32. The molecule has 2 amide bonds. The predicted octanol–water partition coefficient (Wildman–Crippen LogP) is 5.63. The van der Waals surface area contributed by atoms with E-state index in [1.54, 1.807) is 67.6 Å². The van der Waals surface area contributed by atoms with Gasteiger partial charge >= 0.3 is 6.09 Å². The number of benzene rings is 3. The van der Waals surface area contributed by atoms with E-state index in [0.717, 1.165) is 4.47 Å². The van der Waals surface area contributed by atoms with Crippen molar-refractivity contribution in [3.63, 3.8) is 0 Å². The van der Waals surface area contributed by atoms with Crippen molar-refractivity contribution in [1.82, 2.24) is 0 Å². The first-order valence-corrected chi connectivity index (χ1v) is 11.6. The number of amides is 2. The molecule has 0 heterocycles. The number of carbonyl (C=O) groups excluding carboxylic acids is 2. The zero-order valence-electron chi connectivity index (χ0n) is 19.0. The molecule has 0 unspecified atom stereocenters. The first kappa shape index (κ1) is 25.8. The maximum atomic E-state index is 12.7. The molecule has 0 fully saturated rings. The van der Waals surface area contributed by atoms with Crippen LogP contribution in [0.3, 0.4) is 0 Å². The van der Waals surface area contributed by atoms with Crippen molar-refractivity contribution >= 4 is 45.0 Å². The summed E-state index contributed by atoms with van der Waals surface area (Å²) in [5.41, 5.74) is 7.92. The summed E-state index contributed by atoms with van der Waals surface area (Å²) in [6.07, 6.45) is 0.416. The van der Waals surface area contributed by atoms with Crippen molar-refractivity contribution in [3.8, 4) is 5.75 Å². The lowest BCUT2D eigenvalue weighted by molar-refractivity contribution is -0.112. The van der Waals surface area contributed by atoms with Crippen LogP contribution >= 0.6 is 15.9 Å². The highest BCUT2D eigenvalue weighted by Crippen LogP contribution is 2.27. The zero-order chi connectivity index (χ0) is 25.2. The smallest absolute Gasteiger partial charge is 0.412 e. The van der Waals surface area contributed by atoms with E-state index in [-0.39, 0.29) is 5.75 Å². The summed E-state index contributed by atoms with van der Waals surface area (Å²) >= 11 is 3.35. The number of nitrogens with two attached hydrogens (primary N) is 1. The molecule has 5 N–H and O–H groups in total. The van der Waals surface area contributed by atoms with E-state index in [2.05, 4.69) is 26.6 Å². The summed E-state index contributed by atoms with van der Waals surface area (Å²) in [4.78, 5) is 25.2. The van der Waals surface area contributed by atoms with Gasteiger partial charge in [0.05, 0.1) is 11.4 Å². The molecule has 0 saturated heterocycles. The molecule has 3 aromatic carbocycles. The van der Waals surface area contributed by atoms with Crippen LogP contribution in [0, 0.1) is 0 Å². The number of nitrogen functional groups attached to an aromatic ring is 1. The third kappa shape index (κ3) is 7.87. The lowest BCUT2D eigenvalue weighted by Gasteiger charge is -2.25. The predicted molar refractivity (Wildman–Crippen MR) is 139 cm³/mol. The third-order valence-electron chi connectivity index (χ3n) is 4.86. The van der Waals surface area contributed by atoms with Crippen LogP contribution < -0.4 is 16.4 Å². The van der Waals surface area contributed by atoms with Crippen molar-refractivity contribution in [2.75, 3.05) is 23.0 Å². The Morgan fingerprint density at radius 3 is 2.37 bits per heavy atom. The lowest BCUT2D eigenvalue weighted by Crippen LogP contribution is -2.28. The molecule has 0 spiro atoms. The number of hydrogen-bond acceptors (Lipinski definition) is 6. The summed E-state index contributed by atoms with van der Waals surface area (Å²) in [5.74, 6) is -0.355. The third-order valence-corrected chi connectivity index (χ3v) is 5.39. The summed E-state index contributed by atoms with van der Waals surface area (Å²) in [5, 5.41) is 15.1. The quantitative estimate of drug-likeness (QED) is 0.206. The topological polar surface area (TPSA) is 123 Å². The van der Waals surface area contributed by atoms with Gasteiger partial charge in [0.2, 0.25) is 5.91 Å². The molecule has 0 aliphatic rings. The van der Waals surface area contributed by atoms with E-state index in [1.165, 1.54) is 24.3 Å². The Kier molecular flexibility index (Phi) is 9.28. The molecule has 182 valence electrons. The normalized spacial score (nSPS) is 12.6. The number of para-hydroxylation sites is 2. The van der Waals surface area contributed by atoms with Crippen LogP contribution in [0.5, 0.6) is 5.75 Å². The van der Waals surface area contributed by atoms with Gasteiger partial charge in [0.1, 0.15) is 11.9 Å². The van der Waals surface area contributed by atoms with Gasteiger partial charge in [0.25, 0.3) is 0 Å². The number of phenolic OH excluding ortho intramolecular Hbond substituents is 1. The number of ether oxygens (including phenoxy) is 2. The standard InChI is InChI=1S/C26H26BrN3O5/c1-2-34-23(15-16-24(32)30-22-6-4-3-5-21(22)28)25(17-7-13-20(31)14-8-17)35-26(33)29-19-11-9-18(27)10-12-19/h3-16,23,25,31H,2,28H2,1H3,(H,29,33)(H,30,32)/b16-15+/t23-,25-/m0/s1. The maximum absolute atomic E-state index is 12.7. The van der Waals surface area contributed by atoms with E-state index in [9.17, 15) is 14.7 Å². The SMILES string of the molecule is CCO[C@@H](/C=C/C(=O)Nc1ccccc1N)[C@@H](OC(=O)Nc1ccc(Br)cc1)c1ccc(O)cc1. The van der Waals surface area contributed by atoms with E-state index < -0.39 is 24.2 Å². The number of anilines is 3. The Labute approximate surface area is 211 Å². The molecule has 3 rings (SSSR count). The molecule has 3 aromatic rings. The van der Waals surface area contributed by atoms with Gasteiger partial charge in [0.15, 0.2) is 6.10 Å². The van der Waals surface area contributed by atoms with E-state index in [0.29, 0.717) is 29.2 Å². The molecule has 0 bridgehead atoms. The number of hydrogen-bond donors (Lipinski definition) is 4. The molecular formula is C26H26BrN3O5. The van der Waals surface area contributed by atoms with Crippen LogP contribution in [0.25, 0.3) is 0 Å². The number of nitrogens with one attached hydrogen (secondary N) is 2. The highest BCUT2D eigenvalue weighted by Gasteiger charge is 2.26. The minimum absolute atomic E-state index is 0.0649. The van der Waals surface area contributed by atoms with Crippen LogP contribution in [-0.2, 0) is 14.3 Å². The average Bonchev–Trinajstić information content (AvgIpc) is 2.84. The van der Waals surface area contributed by atoms with Crippen molar-refractivity contribution in [2.24, 2.45) is 0 Å². The monoisotopic (exact) mass is 539 g/mol.